The fourth-order valence-electron chi connectivity index (χ4n) is 5.26. The van der Waals surface area contributed by atoms with E-state index in [0.717, 1.165) is 19.6 Å². The molecule has 2 saturated heterocycles. The third kappa shape index (κ3) is 3.34. The smallest absolute Gasteiger partial charge is 0.223 e. The molecule has 0 aromatic carbocycles. The first-order valence-electron chi connectivity index (χ1n) is 10.2. The molecule has 4 nitrogen and oxygen atoms in total. The lowest BCUT2D eigenvalue weighted by atomic mass is 9.66. The van der Waals surface area contributed by atoms with Gasteiger partial charge in [0.2, 0.25) is 5.91 Å². The van der Waals surface area contributed by atoms with Gasteiger partial charge in [-0.3, -0.25) is 9.69 Å². The number of nitrogens with zero attached hydrogens (tertiary/aromatic N) is 3. The second kappa shape index (κ2) is 7.25. The zero-order chi connectivity index (χ0) is 18.2. The van der Waals surface area contributed by atoms with Gasteiger partial charge in [0.1, 0.15) is 0 Å². The standard InChI is InChI=1S/C21H33N3OS/c1-22(2)21(18-5-3-16-26-18)9-7-20(8-10-21)11-15-23(17-20)14-6-19(25)24-12-4-13-24/h3,5,16H,4,6-15,17H2,1-2H3. The second-order valence-corrected chi connectivity index (χ2v) is 9.86. The van der Waals surface area contributed by atoms with Gasteiger partial charge < -0.3 is 9.80 Å². The first kappa shape index (κ1) is 18.5. The van der Waals surface area contributed by atoms with Gasteiger partial charge in [0.05, 0.1) is 5.54 Å². The Bertz CT molecular complexity index is 615. The van der Waals surface area contributed by atoms with E-state index in [0.29, 0.717) is 17.7 Å². The average molecular weight is 376 g/mol. The first-order valence-corrected chi connectivity index (χ1v) is 11.1. The summed E-state index contributed by atoms with van der Waals surface area (Å²) in [5.74, 6) is 0.366. The van der Waals surface area contributed by atoms with Crippen molar-refractivity contribution < 1.29 is 4.79 Å². The lowest BCUT2D eigenvalue weighted by Crippen LogP contribution is -2.47. The van der Waals surface area contributed by atoms with Crippen molar-refractivity contribution in [2.45, 2.75) is 50.5 Å². The van der Waals surface area contributed by atoms with Crippen LogP contribution in [0.5, 0.6) is 0 Å². The normalized spacial score (nSPS) is 32.3. The van der Waals surface area contributed by atoms with Crippen molar-refractivity contribution in [3.63, 3.8) is 0 Å². The highest BCUT2D eigenvalue weighted by atomic mass is 32.1. The first-order chi connectivity index (χ1) is 12.5. The SMILES string of the molecule is CN(C)C1(c2cccs2)CCC2(CCN(CCC(=O)N3CCC3)C2)CC1. The number of carbonyl (C=O) groups is 1. The molecule has 0 unspecified atom stereocenters. The van der Waals surface area contributed by atoms with Crippen LogP contribution in [0.4, 0.5) is 0 Å². The molecule has 3 aliphatic rings. The molecule has 3 heterocycles. The highest BCUT2D eigenvalue weighted by molar-refractivity contribution is 7.10. The monoisotopic (exact) mass is 375 g/mol. The summed E-state index contributed by atoms with van der Waals surface area (Å²) in [6, 6.07) is 4.52. The van der Waals surface area contributed by atoms with Crippen molar-refractivity contribution in [1.29, 1.82) is 0 Å². The van der Waals surface area contributed by atoms with Crippen LogP contribution in [0.2, 0.25) is 0 Å². The number of carbonyl (C=O) groups excluding carboxylic acids is 1. The fourth-order valence-corrected chi connectivity index (χ4v) is 6.32. The zero-order valence-electron chi connectivity index (χ0n) is 16.4. The summed E-state index contributed by atoms with van der Waals surface area (Å²) < 4.78 is 0. The van der Waals surface area contributed by atoms with Crippen LogP contribution in [0.15, 0.2) is 17.5 Å². The van der Waals surface area contributed by atoms with E-state index in [-0.39, 0.29) is 5.54 Å². The number of rotatable bonds is 5. The maximum Gasteiger partial charge on any atom is 0.223 e. The number of hydrogen-bond acceptors (Lipinski definition) is 4. The minimum absolute atomic E-state index is 0.236. The molecule has 1 amide bonds. The average Bonchev–Trinajstić information content (AvgIpc) is 3.23. The van der Waals surface area contributed by atoms with Crippen LogP contribution >= 0.6 is 11.3 Å². The van der Waals surface area contributed by atoms with E-state index in [9.17, 15) is 4.79 Å². The Morgan fingerprint density at radius 1 is 1.15 bits per heavy atom. The molecule has 3 fully saturated rings. The zero-order valence-corrected chi connectivity index (χ0v) is 17.2. The van der Waals surface area contributed by atoms with Gasteiger partial charge in [0.25, 0.3) is 0 Å². The summed E-state index contributed by atoms with van der Waals surface area (Å²) in [6.07, 6.45) is 8.39. The third-order valence-corrected chi connectivity index (χ3v) is 8.40. The molecule has 5 heteroatoms. The molecule has 0 bridgehead atoms. The summed E-state index contributed by atoms with van der Waals surface area (Å²) in [5, 5.41) is 2.22. The van der Waals surface area contributed by atoms with E-state index in [2.05, 4.69) is 41.4 Å². The van der Waals surface area contributed by atoms with E-state index in [1.165, 1.54) is 56.5 Å². The van der Waals surface area contributed by atoms with Gasteiger partial charge in [-0.25, -0.2) is 0 Å². The van der Waals surface area contributed by atoms with Crippen LogP contribution in [0.3, 0.4) is 0 Å². The molecule has 1 aromatic heterocycles. The minimum atomic E-state index is 0.236. The maximum atomic E-state index is 12.1. The fraction of sp³-hybridized carbons (Fsp3) is 0.762. The van der Waals surface area contributed by atoms with Crippen molar-refractivity contribution in [3.8, 4) is 0 Å². The van der Waals surface area contributed by atoms with Crippen molar-refractivity contribution >= 4 is 17.2 Å². The summed E-state index contributed by atoms with van der Waals surface area (Å²) in [4.78, 5) is 20.7. The molecule has 1 aliphatic carbocycles. The van der Waals surface area contributed by atoms with Gasteiger partial charge in [0.15, 0.2) is 0 Å². The molecule has 1 saturated carbocycles. The Labute approximate surface area is 162 Å². The Kier molecular flexibility index (Phi) is 5.15. The Morgan fingerprint density at radius 2 is 1.92 bits per heavy atom. The second-order valence-electron chi connectivity index (χ2n) is 8.91. The Balaban J connectivity index is 1.33. The Morgan fingerprint density at radius 3 is 2.50 bits per heavy atom. The lowest BCUT2D eigenvalue weighted by Gasteiger charge is -2.48. The molecular weight excluding hydrogens is 342 g/mol. The molecule has 144 valence electrons. The molecule has 0 atom stereocenters. The summed E-state index contributed by atoms with van der Waals surface area (Å²) in [7, 11) is 4.50. The van der Waals surface area contributed by atoms with E-state index >= 15 is 0 Å². The number of hydrogen-bond donors (Lipinski definition) is 0. The van der Waals surface area contributed by atoms with E-state index in [1.807, 2.05) is 16.2 Å². The maximum absolute atomic E-state index is 12.1. The third-order valence-electron chi connectivity index (χ3n) is 7.34. The largest absolute Gasteiger partial charge is 0.343 e. The van der Waals surface area contributed by atoms with Crippen LogP contribution < -0.4 is 0 Å². The number of likely N-dealkylation sites (tertiary alicyclic amines) is 2. The van der Waals surface area contributed by atoms with Crippen LogP contribution in [-0.2, 0) is 10.3 Å². The molecule has 1 spiro atoms. The van der Waals surface area contributed by atoms with Crippen molar-refractivity contribution in [2.24, 2.45) is 5.41 Å². The van der Waals surface area contributed by atoms with E-state index in [4.69, 9.17) is 0 Å². The predicted molar refractivity (Wildman–Crippen MR) is 107 cm³/mol. The molecule has 1 aromatic rings. The molecule has 0 radical (unpaired) electrons. The molecule has 0 N–H and O–H groups in total. The van der Waals surface area contributed by atoms with E-state index < -0.39 is 0 Å². The highest BCUT2D eigenvalue weighted by Crippen LogP contribution is 2.52. The summed E-state index contributed by atoms with van der Waals surface area (Å²) in [5.41, 5.74) is 0.733. The quantitative estimate of drug-likeness (QED) is 0.789. The summed E-state index contributed by atoms with van der Waals surface area (Å²) >= 11 is 1.92. The molecule has 4 rings (SSSR count). The van der Waals surface area contributed by atoms with E-state index in [1.54, 1.807) is 0 Å². The van der Waals surface area contributed by atoms with Crippen LogP contribution in [0.25, 0.3) is 0 Å². The number of amides is 1. The van der Waals surface area contributed by atoms with Gasteiger partial charge in [-0.2, -0.15) is 0 Å². The van der Waals surface area contributed by atoms with Gasteiger partial charge in [0, 0.05) is 37.5 Å². The van der Waals surface area contributed by atoms with Gasteiger partial charge in [-0.05, 0) is 76.0 Å². The van der Waals surface area contributed by atoms with Gasteiger partial charge >= 0.3 is 0 Å². The highest BCUT2D eigenvalue weighted by Gasteiger charge is 2.47. The van der Waals surface area contributed by atoms with Crippen molar-refractivity contribution in [2.75, 3.05) is 46.8 Å². The summed E-state index contributed by atoms with van der Waals surface area (Å²) in [6.45, 7) is 5.31. The van der Waals surface area contributed by atoms with Crippen molar-refractivity contribution in [3.05, 3.63) is 22.4 Å². The van der Waals surface area contributed by atoms with Crippen molar-refractivity contribution in [1.82, 2.24) is 14.7 Å². The van der Waals surface area contributed by atoms with Crippen LogP contribution in [0.1, 0.15) is 49.8 Å². The van der Waals surface area contributed by atoms with Gasteiger partial charge in [-0.1, -0.05) is 6.07 Å². The topological polar surface area (TPSA) is 26.8 Å². The number of thiophene rings is 1. The molecule has 2 aliphatic heterocycles. The minimum Gasteiger partial charge on any atom is -0.343 e. The lowest BCUT2D eigenvalue weighted by molar-refractivity contribution is -0.134. The predicted octanol–water partition coefficient (Wildman–Crippen LogP) is 3.39. The Hall–Kier alpha value is -0.910. The molecular formula is C21H33N3OS. The molecule has 26 heavy (non-hydrogen) atoms. The van der Waals surface area contributed by atoms with Gasteiger partial charge in [-0.15, -0.1) is 11.3 Å². The van der Waals surface area contributed by atoms with Crippen LogP contribution in [-0.4, -0.2) is 67.4 Å². The van der Waals surface area contributed by atoms with Crippen LogP contribution in [0, 0.1) is 5.41 Å².